The first-order chi connectivity index (χ1) is 15.6. The Labute approximate surface area is 198 Å². The first-order valence-electron chi connectivity index (χ1n) is 10.9. The van der Waals surface area contributed by atoms with Crippen LogP contribution in [0.1, 0.15) is 18.4 Å². The predicted molar refractivity (Wildman–Crippen MR) is 128 cm³/mol. The van der Waals surface area contributed by atoms with Gasteiger partial charge in [-0.25, -0.2) is 14.8 Å². The smallest absolute Gasteiger partial charge is 0.407 e. The number of phenols is 1. The molecule has 2 N–H and O–H groups in total. The van der Waals surface area contributed by atoms with Gasteiger partial charge in [-0.1, -0.05) is 18.2 Å². The van der Waals surface area contributed by atoms with E-state index >= 15 is 0 Å². The molecule has 2 atom stereocenters. The highest BCUT2D eigenvalue weighted by Gasteiger charge is 2.29. The van der Waals surface area contributed by atoms with E-state index in [1.54, 1.807) is 12.1 Å². The largest absolute Gasteiger partial charge is 0.507 e. The number of amides is 1. The van der Waals surface area contributed by atoms with Crippen molar-refractivity contribution in [1.29, 1.82) is 0 Å². The molecule has 0 aliphatic carbocycles. The van der Waals surface area contributed by atoms with Gasteiger partial charge >= 0.3 is 6.09 Å². The van der Waals surface area contributed by atoms with E-state index in [4.69, 9.17) is 19.4 Å². The first-order valence-corrected chi connectivity index (χ1v) is 10.9. The molecule has 2 aromatic carbocycles. The number of ether oxygens (including phenoxy) is 2. The number of nitrogens with one attached hydrogen (secondary N) is 1. The van der Waals surface area contributed by atoms with E-state index in [0.29, 0.717) is 31.1 Å². The van der Waals surface area contributed by atoms with Gasteiger partial charge in [0.2, 0.25) is 0 Å². The number of para-hydroxylation sites is 1. The third-order valence-corrected chi connectivity index (χ3v) is 5.95. The summed E-state index contributed by atoms with van der Waals surface area (Å²) in [4.78, 5) is 24.0. The molecule has 0 saturated carbocycles. The van der Waals surface area contributed by atoms with Crippen molar-refractivity contribution in [2.45, 2.75) is 31.9 Å². The number of halogens is 1. The number of carbonyl (C=O) groups excluding carboxylic acids is 1. The number of anilines is 1. The molecule has 9 heteroatoms. The minimum Gasteiger partial charge on any atom is -0.507 e. The quantitative estimate of drug-likeness (QED) is 0.598. The number of hydrogen-bond acceptors (Lipinski definition) is 7. The fourth-order valence-corrected chi connectivity index (χ4v) is 4.28. The molecular weight excluding hydrogens is 444 g/mol. The van der Waals surface area contributed by atoms with Crippen molar-refractivity contribution < 1.29 is 19.4 Å². The van der Waals surface area contributed by atoms with Crippen LogP contribution in [0.3, 0.4) is 0 Å². The predicted octanol–water partition coefficient (Wildman–Crippen LogP) is 3.83. The van der Waals surface area contributed by atoms with E-state index < -0.39 is 6.09 Å². The van der Waals surface area contributed by atoms with Gasteiger partial charge in [-0.05, 0) is 43.2 Å². The van der Waals surface area contributed by atoms with Crippen LogP contribution in [0.5, 0.6) is 5.75 Å². The van der Waals surface area contributed by atoms with Crippen LogP contribution in [-0.4, -0.2) is 59.6 Å². The summed E-state index contributed by atoms with van der Waals surface area (Å²) in [6.45, 7) is 4.49. The number of carbonyl (C=O) groups is 1. The van der Waals surface area contributed by atoms with Crippen LogP contribution in [0.15, 0.2) is 42.5 Å². The summed E-state index contributed by atoms with van der Waals surface area (Å²) in [5.74, 6) is 1.42. The van der Waals surface area contributed by atoms with Crippen LogP contribution in [0.2, 0.25) is 0 Å². The molecule has 5 rings (SSSR count). The summed E-state index contributed by atoms with van der Waals surface area (Å²) in [5.41, 5.74) is 2.52. The summed E-state index contributed by atoms with van der Waals surface area (Å²) >= 11 is 0. The number of aromatic nitrogens is 2. The molecule has 2 aliphatic heterocycles. The Morgan fingerprint density at radius 1 is 1.21 bits per heavy atom. The maximum Gasteiger partial charge on any atom is 0.407 e. The van der Waals surface area contributed by atoms with Gasteiger partial charge in [-0.2, -0.15) is 0 Å². The van der Waals surface area contributed by atoms with E-state index in [-0.39, 0.29) is 30.3 Å². The van der Waals surface area contributed by atoms with E-state index in [1.165, 1.54) is 0 Å². The fourth-order valence-electron chi connectivity index (χ4n) is 4.28. The van der Waals surface area contributed by atoms with Gasteiger partial charge in [0.15, 0.2) is 5.82 Å². The second-order valence-corrected chi connectivity index (χ2v) is 8.38. The Hall–Kier alpha value is -3.10. The molecule has 3 aromatic rings. The number of aryl methyl sites for hydroxylation is 1. The molecule has 0 bridgehead atoms. The average Bonchev–Trinajstić information content (AvgIpc) is 3.45. The van der Waals surface area contributed by atoms with Crippen molar-refractivity contribution in [3.63, 3.8) is 0 Å². The van der Waals surface area contributed by atoms with Crippen molar-refractivity contribution in [1.82, 2.24) is 15.3 Å². The number of phenolic OH excluding ortho intramolecular Hbond substituents is 1. The molecule has 0 unspecified atom stereocenters. The van der Waals surface area contributed by atoms with Crippen LogP contribution in [-0.2, 0) is 9.47 Å². The molecule has 33 heavy (non-hydrogen) atoms. The Morgan fingerprint density at radius 2 is 2.06 bits per heavy atom. The van der Waals surface area contributed by atoms with Gasteiger partial charge in [0.1, 0.15) is 17.7 Å². The maximum atomic E-state index is 12.3. The normalized spacial score (nSPS) is 20.0. The van der Waals surface area contributed by atoms with Crippen molar-refractivity contribution in [2.24, 2.45) is 0 Å². The standard InChI is InChI=1S/C24H26N4O4.ClH/c1-15-6-7-18-20(12-15)26-22(19-4-2-3-5-21(19)29)27-23(18)28-10-8-16(13-28)25-24(30)32-17-9-11-31-14-17;/h2-7,12,16-17,29H,8-11,13-14H2,1H3,(H,25,30);1H/t16-,17+;/m1./s1. The van der Waals surface area contributed by atoms with E-state index in [1.807, 2.05) is 37.3 Å². The highest BCUT2D eigenvalue weighted by atomic mass is 35.5. The molecule has 2 aliphatic rings. The maximum absolute atomic E-state index is 12.3. The topological polar surface area (TPSA) is 96.8 Å². The Morgan fingerprint density at radius 3 is 2.85 bits per heavy atom. The number of aromatic hydroxyl groups is 1. The summed E-state index contributed by atoms with van der Waals surface area (Å²) < 4.78 is 10.7. The molecule has 2 saturated heterocycles. The number of rotatable bonds is 4. The van der Waals surface area contributed by atoms with Gasteiger partial charge < -0.3 is 24.8 Å². The fraction of sp³-hybridized carbons (Fsp3) is 0.375. The van der Waals surface area contributed by atoms with E-state index in [2.05, 4.69) is 10.2 Å². The Balaban J connectivity index is 0.00000259. The van der Waals surface area contributed by atoms with Gasteiger partial charge in [0.05, 0.1) is 30.3 Å². The summed E-state index contributed by atoms with van der Waals surface area (Å²) in [6, 6.07) is 13.1. The summed E-state index contributed by atoms with van der Waals surface area (Å²) in [7, 11) is 0. The molecule has 0 spiro atoms. The van der Waals surface area contributed by atoms with Crippen molar-refractivity contribution in [3.05, 3.63) is 48.0 Å². The van der Waals surface area contributed by atoms with Crippen LogP contribution in [0.4, 0.5) is 10.6 Å². The monoisotopic (exact) mass is 470 g/mol. The molecule has 1 aromatic heterocycles. The molecule has 8 nitrogen and oxygen atoms in total. The first kappa shape index (κ1) is 23.1. The van der Waals surface area contributed by atoms with Crippen molar-refractivity contribution in [2.75, 3.05) is 31.2 Å². The van der Waals surface area contributed by atoms with Gasteiger partial charge in [0.25, 0.3) is 0 Å². The van der Waals surface area contributed by atoms with Gasteiger partial charge in [-0.15, -0.1) is 12.4 Å². The second kappa shape index (κ2) is 9.80. The van der Waals surface area contributed by atoms with E-state index in [9.17, 15) is 9.90 Å². The highest BCUT2D eigenvalue weighted by molar-refractivity contribution is 5.92. The third-order valence-electron chi connectivity index (χ3n) is 5.95. The minimum atomic E-state index is -0.398. The molecular formula is C24H27ClN4O4. The van der Waals surface area contributed by atoms with Crippen LogP contribution in [0, 0.1) is 6.92 Å². The molecule has 0 radical (unpaired) electrons. The van der Waals surface area contributed by atoms with Crippen LogP contribution >= 0.6 is 12.4 Å². The molecule has 174 valence electrons. The lowest BCUT2D eigenvalue weighted by molar-refractivity contribution is 0.0813. The Bertz CT molecular complexity index is 1150. The molecule has 3 heterocycles. The zero-order valence-corrected chi connectivity index (χ0v) is 19.2. The summed E-state index contributed by atoms with van der Waals surface area (Å²) in [6.07, 6.45) is 0.971. The van der Waals surface area contributed by atoms with Crippen LogP contribution in [0.25, 0.3) is 22.3 Å². The number of hydrogen-bond donors (Lipinski definition) is 2. The van der Waals surface area contributed by atoms with Gasteiger partial charge in [-0.3, -0.25) is 0 Å². The zero-order chi connectivity index (χ0) is 22.1. The third kappa shape index (κ3) is 4.96. The lowest BCUT2D eigenvalue weighted by atomic mass is 10.1. The minimum absolute atomic E-state index is 0. The zero-order valence-electron chi connectivity index (χ0n) is 18.4. The number of fused-ring (bicyclic) bond motifs is 1. The lowest BCUT2D eigenvalue weighted by Crippen LogP contribution is -2.39. The lowest BCUT2D eigenvalue weighted by Gasteiger charge is -2.21. The van der Waals surface area contributed by atoms with E-state index in [0.717, 1.165) is 41.7 Å². The van der Waals surface area contributed by atoms with Crippen LogP contribution < -0.4 is 10.2 Å². The SMILES string of the molecule is Cc1ccc2c(N3CC[C@@H](NC(=O)O[C@H]4CCOC4)C3)nc(-c3ccccc3O)nc2c1.Cl. The second-order valence-electron chi connectivity index (χ2n) is 8.38. The molecule has 1 amide bonds. The number of nitrogens with zero attached hydrogens (tertiary/aromatic N) is 3. The van der Waals surface area contributed by atoms with Gasteiger partial charge in [0, 0.05) is 24.9 Å². The summed E-state index contributed by atoms with van der Waals surface area (Å²) in [5, 5.41) is 14.3. The highest BCUT2D eigenvalue weighted by Crippen LogP contribution is 2.33. The molecule has 2 fully saturated rings. The Kier molecular flexibility index (Phi) is 6.85. The number of benzene rings is 2. The van der Waals surface area contributed by atoms with Crippen molar-refractivity contribution in [3.8, 4) is 17.1 Å². The van der Waals surface area contributed by atoms with Crippen molar-refractivity contribution >= 4 is 35.2 Å². The number of alkyl carbamates (subject to hydrolysis) is 1. The average molecular weight is 471 g/mol.